The number of carboxylic acid groups (broad SMARTS) is 1. The van der Waals surface area contributed by atoms with Crippen molar-refractivity contribution in [2.45, 2.75) is 31.3 Å². The molecular formula is C15H18N2O4. The van der Waals surface area contributed by atoms with Crippen LogP contribution >= 0.6 is 0 Å². The highest BCUT2D eigenvalue weighted by Crippen LogP contribution is 2.32. The second-order valence-corrected chi connectivity index (χ2v) is 5.42. The number of hydrogen-bond acceptors (Lipinski definition) is 3. The van der Waals surface area contributed by atoms with Crippen molar-refractivity contribution in [2.75, 3.05) is 18.1 Å². The predicted molar refractivity (Wildman–Crippen MR) is 76.4 cm³/mol. The Morgan fingerprint density at radius 1 is 1.33 bits per heavy atom. The molecule has 0 aromatic heterocycles. The van der Waals surface area contributed by atoms with Gasteiger partial charge in [-0.1, -0.05) is 18.2 Å². The number of nitrogens with zero attached hydrogens (tertiary/aromatic N) is 1. The number of amides is 2. The van der Waals surface area contributed by atoms with E-state index in [0.29, 0.717) is 18.7 Å². The monoisotopic (exact) mass is 290 g/mol. The molecular weight excluding hydrogens is 272 g/mol. The number of nitrogens with one attached hydrogen (secondary N) is 1. The Morgan fingerprint density at radius 2 is 2.14 bits per heavy atom. The fourth-order valence-corrected chi connectivity index (χ4v) is 2.93. The summed E-state index contributed by atoms with van der Waals surface area (Å²) in [7, 11) is 0. The molecule has 3 rings (SSSR count). The fraction of sp³-hybridized carbons (Fsp3) is 0.467. The molecule has 2 heterocycles. The van der Waals surface area contributed by atoms with Crippen molar-refractivity contribution < 1.29 is 19.4 Å². The van der Waals surface area contributed by atoms with E-state index in [9.17, 15) is 14.7 Å². The van der Waals surface area contributed by atoms with E-state index >= 15 is 0 Å². The largest absolute Gasteiger partial charge is 0.480 e. The first-order valence-electron chi connectivity index (χ1n) is 7.15. The van der Waals surface area contributed by atoms with Gasteiger partial charge in [0.15, 0.2) is 0 Å². The molecule has 1 unspecified atom stereocenters. The Kier molecular flexibility index (Phi) is 3.79. The maximum atomic E-state index is 12.5. The maximum Gasteiger partial charge on any atom is 0.327 e. The minimum absolute atomic E-state index is 0.0477. The number of para-hydroxylation sites is 1. The zero-order valence-corrected chi connectivity index (χ0v) is 11.6. The van der Waals surface area contributed by atoms with Gasteiger partial charge in [0, 0.05) is 18.7 Å². The second kappa shape index (κ2) is 5.73. The van der Waals surface area contributed by atoms with Crippen LogP contribution in [-0.4, -0.2) is 42.4 Å². The smallest absolute Gasteiger partial charge is 0.327 e. The Bertz CT molecular complexity index is 554. The molecule has 2 aliphatic rings. The van der Waals surface area contributed by atoms with Crippen molar-refractivity contribution in [1.29, 1.82) is 0 Å². The first kappa shape index (κ1) is 13.9. The van der Waals surface area contributed by atoms with Gasteiger partial charge < -0.3 is 15.2 Å². The van der Waals surface area contributed by atoms with E-state index in [4.69, 9.17) is 4.74 Å². The van der Waals surface area contributed by atoms with E-state index in [1.54, 1.807) is 6.07 Å². The summed E-state index contributed by atoms with van der Waals surface area (Å²) in [5.74, 6) is -0.985. The number of aliphatic carboxylic acids is 1. The van der Waals surface area contributed by atoms with Crippen molar-refractivity contribution in [1.82, 2.24) is 5.32 Å². The van der Waals surface area contributed by atoms with Crippen LogP contribution in [0.4, 0.5) is 10.5 Å². The molecule has 6 nitrogen and oxygen atoms in total. The minimum Gasteiger partial charge on any atom is -0.480 e. The van der Waals surface area contributed by atoms with Crippen LogP contribution in [0.2, 0.25) is 0 Å². The molecule has 0 aliphatic carbocycles. The second-order valence-electron chi connectivity index (χ2n) is 5.42. The molecule has 1 fully saturated rings. The van der Waals surface area contributed by atoms with Crippen LogP contribution in [0.5, 0.6) is 0 Å². The van der Waals surface area contributed by atoms with Gasteiger partial charge in [-0.25, -0.2) is 9.59 Å². The zero-order chi connectivity index (χ0) is 14.8. The molecule has 112 valence electrons. The number of hydrogen-bond donors (Lipinski definition) is 2. The molecule has 2 aliphatic heterocycles. The van der Waals surface area contributed by atoms with Gasteiger partial charge >= 0.3 is 12.0 Å². The van der Waals surface area contributed by atoms with E-state index in [-0.39, 0.29) is 12.1 Å². The maximum absolute atomic E-state index is 12.5. The van der Waals surface area contributed by atoms with Crippen LogP contribution in [0.1, 0.15) is 18.4 Å². The number of fused-ring (bicyclic) bond motifs is 1. The lowest BCUT2D eigenvalue weighted by Crippen LogP contribution is -2.52. The minimum atomic E-state index is -0.985. The van der Waals surface area contributed by atoms with Crippen LogP contribution < -0.4 is 10.2 Å². The summed E-state index contributed by atoms with van der Waals surface area (Å²) in [6.45, 7) is 1.20. The van der Waals surface area contributed by atoms with Gasteiger partial charge in [-0.15, -0.1) is 0 Å². The lowest BCUT2D eigenvalue weighted by Gasteiger charge is -2.28. The van der Waals surface area contributed by atoms with Crippen LogP contribution in [0, 0.1) is 0 Å². The van der Waals surface area contributed by atoms with Crippen LogP contribution in [0.15, 0.2) is 24.3 Å². The van der Waals surface area contributed by atoms with Crippen LogP contribution in [0.3, 0.4) is 0 Å². The summed E-state index contributed by atoms with van der Waals surface area (Å²) < 4.78 is 5.34. The van der Waals surface area contributed by atoms with E-state index in [2.05, 4.69) is 5.32 Å². The summed E-state index contributed by atoms with van der Waals surface area (Å²) in [6.07, 6.45) is 2.11. The molecule has 0 bridgehead atoms. The number of carboxylic acids is 1. The van der Waals surface area contributed by atoms with Gasteiger partial charge in [0.25, 0.3) is 0 Å². The van der Waals surface area contributed by atoms with E-state index < -0.39 is 12.0 Å². The molecule has 0 saturated carbocycles. The van der Waals surface area contributed by atoms with Gasteiger partial charge in [0.1, 0.15) is 6.04 Å². The number of carbonyl (C=O) groups is 2. The molecule has 1 saturated heterocycles. The third kappa shape index (κ3) is 2.71. The molecule has 0 radical (unpaired) electrons. The zero-order valence-electron chi connectivity index (χ0n) is 11.6. The van der Waals surface area contributed by atoms with Crippen molar-refractivity contribution >= 4 is 17.7 Å². The molecule has 2 N–H and O–H groups in total. The molecule has 1 aromatic carbocycles. The normalized spacial score (nSPS) is 24.5. The number of rotatable bonds is 2. The van der Waals surface area contributed by atoms with Crippen LogP contribution in [0.25, 0.3) is 0 Å². The van der Waals surface area contributed by atoms with E-state index in [0.717, 1.165) is 25.0 Å². The number of urea groups is 1. The van der Waals surface area contributed by atoms with Gasteiger partial charge in [-0.2, -0.15) is 0 Å². The SMILES string of the molecule is O=C(O)[C@@H]1Cc2ccccc2N1C(=O)NC1CCCOC1. The number of carbonyl (C=O) groups excluding carboxylic acids is 1. The summed E-state index contributed by atoms with van der Waals surface area (Å²) >= 11 is 0. The Hall–Kier alpha value is -2.08. The summed E-state index contributed by atoms with van der Waals surface area (Å²) in [5.41, 5.74) is 1.57. The molecule has 0 spiro atoms. The molecule has 2 atom stereocenters. The number of benzene rings is 1. The Morgan fingerprint density at radius 3 is 2.86 bits per heavy atom. The highest BCUT2D eigenvalue weighted by atomic mass is 16.5. The van der Waals surface area contributed by atoms with Gasteiger partial charge in [-0.05, 0) is 24.5 Å². The first-order valence-corrected chi connectivity index (χ1v) is 7.15. The molecule has 6 heteroatoms. The molecule has 21 heavy (non-hydrogen) atoms. The third-order valence-electron chi connectivity index (χ3n) is 3.97. The van der Waals surface area contributed by atoms with Crippen molar-refractivity contribution in [3.63, 3.8) is 0 Å². The van der Waals surface area contributed by atoms with E-state index in [1.807, 2.05) is 18.2 Å². The molecule has 1 aromatic rings. The van der Waals surface area contributed by atoms with Gasteiger partial charge in [0.2, 0.25) is 0 Å². The standard InChI is InChI=1S/C15H18N2O4/c18-14(19)13-8-10-4-1-2-6-12(10)17(13)15(20)16-11-5-3-7-21-9-11/h1-2,4,6,11,13H,3,5,7-9H2,(H,16,20)(H,18,19)/t11?,13-/m0/s1. The van der Waals surface area contributed by atoms with Gasteiger partial charge in [-0.3, -0.25) is 4.90 Å². The topological polar surface area (TPSA) is 78.9 Å². The average molecular weight is 290 g/mol. The number of ether oxygens (including phenoxy) is 1. The highest BCUT2D eigenvalue weighted by Gasteiger charge is 2.38. The first-order chi connectivity index (χ1) is 10.2. The van der Waals surface area contributed by atoms with Crippen molar-refractivity contribution in [3.05, 3.63) is 29.8 Å². The average Bonchev–Trinajstić information content (AvgIpc) is 2.88. The highest BCUT2D eigenvalue weighted by molar-refractivity contribution is 6.01. The van der Waals surface area contributed by atoms with Crippen LogP contribution in [-0.2, 0) is 16.0 Å². The van der Waals surface area contributed by atoms with Crippen molar-refractivity contribution in [3.8, 4) is 0 Å². The fourth-order valence-electron chi connectivity index (χ4n) is 2.93. The summed E-state index contributed by atoms with van der Waals surface area (Å²) in [5, 5.41) is 12.2. The lowest BCUT2D eigenvalue weighted by atomic mass is 10.1. The summed E-state index contributed by atoms with van der Waals surface area (Å²) in [6, 6.07) is 6.07. The van der Waals surface area contributed by atoms with Gasteiger partial charge in [0.05, 0.1) is 12.6 Å². The van der Waals surface area contributed by atoms with E-state index in [1.165, 1.54) is 4.90 Å². The summed E-state index contributed by atoms with van der Waals surface area (Å²) in [4.78, 5) is 25.3. The number of anilines is 1. The quantitative estimate of drug-likeness (QED) is 0.862. The third-order valence-corrected chi connectivity index (χ3v) is 3.97. The van der Waals surface area contributed by atoms with Crippen molar-refractivity contribution in [2.24, 2.45) is 0 Å². The Labute approximate surface area is 122 Å². The Balaban J connectivity index is 1.80. The predicted octanol–water partition coefficient (Wildman–Crippen LogP) is 1.39. The lowest BCUT2D eigenvalue weighted by molar-refractivity contribution is -0.138. The molecule has 2 amide bonds.